The number of carbonyl (C=O) groups is 1. The third kappa shape index (κ3) is 1.52. The zero-order valence-corrected chi connectivity index (χ0v) is 8.82. The van der Waals surface area contributed by atoms with Crippen molar-refractivity contribution < 1.29 is 9.18 Å². The Labute approximate surface area is 92.7 Å². The number of aromatic nitrogens is 1. The monoisotopic (exact) mass is 217 g/mol. The molecular formula is C13H12FNO. The fraction of sp³-hybridized carbons (Fsp3) is 0.308. The van der Waals surface area contributed by atoms with Crippen LogP contribution in [0.25, 0.3) is 10.9 Å². The summed E-state index contributed by atoms with van der Waals surface area (Å²) in [6.07, 6.45) is 3.28. The highest BCUT2D eigenvalue weighted by molar-refractivity contribution is 5.88. The molecule has 0 amide bonds. The summed E-state index contributed by atoms with van der Waals surface area (Å²) in [6, 6.07) is 6.48. The number of hydrogen-bond donors (Lipinski definition) is 0. The fourth-order valence-electron chi connectivity index (χ4n) is 2.11. The molecule has 3 heteroatoms. The molecule has 16 heavy (non-hydrogen) atoms. The summed E-state index contributed by atoms with van der Waals surface area (Å²) in [5.41, 5.74) is 1.47. The van der Waals surface area contributed by atoms with E-state index in [4.69, 9.17) is 0 Å². The molecule has 1 aliphatic carbocycles. The molecular weight excluding hydrogens is 205 g/mol. The molecule has 0 bridgehead atoms. The van der Waals surface area contributed by atoms with Gasteiger partial charge in [0.15, 0.2) is 6.29 Å². The van der Waals surface area contributed by atoms with Crippen molar-refractivity contribution in [1.82, 2.24) is 4.57 Å². The van der Waals surface area contributed by atoms with Crippen LogP contribution < -0.4 is 0 Å². The summed E-state index contributed by atoms with van der Waals surface area (Å²) in [7, 11) is 0. The summed E-state index contributed by atoms with van der Waals surface area (Å²) >= 11 is 0. The minimum Gasteiger partial charge on any atom is -0.338 e. The molecule has 1 heterocycles. The van der Waals surface area contributed by atoms with E-state index in [1.165, 1.54) is 25.0 Å². The number of aldehydes is 1. The summed E-state index contributed by atoms with van der Waals surface area (Å²) in [5, 5.41) is 0.934. The van der Waals surface area contributed by atoms with E-state index in [0.717, 1.165) is 23.7 Å². The summed E-state index contributed by atoms with van der Waals surface area (Å²) in [4.78, 5) is 11.0. The van der Waals surface area contributed by atoms with Crippen LogP contribution in [0, 0.1) is 11.7 Å². The van der Waals surface area contributed by atoms with Crippen LogP contribution in [0.15, 0.2) is 24.3 Å². The Bertz CT molecular complexity index is 554. The number of carbonyl (C=O) groups excluding carboxylic acids is 1. The zero-order valence-electron chi connectivity index (χ0n) is 8.82. The van der Waals surface area contributed by atoms with Crippen LogP contribution in [0.4, 0.5) is 4.39 Å². The minimum atomic E-state index is -0.250. The fourth-order valence-corrected chi connectivity index (χ4v) is 2.11. The molecule has 2 aromatic rings. The normalized spacial score (nSPS) is 15.6. The highest BCUT2D eigenvalue weighted by Crippen LogP contribution is 2.33. The van der Waals surface area contributed by atoms with Crippen molar-refractivity contribution >= 4 is 17.2 Å². The van der Waals surface area contributed by atoms with E-state index in [1.54, 1.807) is 6.07 Å². The van der Waals surface area contributed by atoms with Gasteiger partial charge in [-0.05, 0) is 43.0 Å². The Morgan fingerprint density at radius 2 is 2.19 bits per heavy atom. The van der Waals surface area contributed by atoms with Gasteiger partial charge in [0.1, 0.15) is 5.82 Å². The number of fused-ring (bicyclic) bond motifs is 1. The first-order valence-corrected chi connectivity index (χ1v) is 5.52. The second-order valence-electron chi connectivity index (χ2n) is 4.44. The van der Waals surface area contributed by atoms with Gasteiger partial charge >= 0.3 is 0 Å². The lowest BCUT2D eigenvalue weighted by Crippen LogP contribution is -2.03. The molecule has 0 saturated heterocycles. The Morgan fingerprint density at radius 1 is 1.38 bits per heavy atom. The minimum absolute atomic E-state index is 0.250. The largest absolute Gasteiger partial charge is 0.338 e. The lowest BCUT2D eigenvalue weighted by molar-refractivity contribution is 0.111. The van der Waals surface area contributed by atoms with E-state index in [0.29, 0.717) is 11.6 Å². The number of rotatable bonds is 3. The van der Waals surface area contributed by atoms with Crippen LogP contribution >= 0.6 is 0 Å². The van der Waals surface area contributed by atoms with Crippen LogP contribution in [-0.4, -0.2) is 10.9 Å². The molecule has 0 N–H and O–H groups in total. The summed E-state index contributed by atoms with van der Waals surface area (Å²) < 4.78 is 15.1. The van der Waals surface area contributed by atoms with E-state index < -0.39 is 0 Å². The van der Waals surface area contributed by atoms with E-state index in [2.05, 4.69) is 0 Å². The average Bonchev–Trinajstić information content (AvgIpc) is 3.02. The molecule has 2 nitrogen and oxygen atoms in total. The zero-order chi connectivity index (χ0) is 11.1. The molecule has 0 unspecified atom stereocenters. The lowest BCUT2D eigenvalue weighted by Gasteiger charge is -2.05. The third-order valence-corrected chi connectivity index (χ3v) is 3.16. The topological polar surface area (TPSA) is 22.0 Å². The third-order valence-electron chi connectivity index (χ3n) is 3.16. The van der Waals surface area contributed by atoms with E-state index in [9.17, 15) is 9.18 Å². The maximum absolute atomic E-state index is 13.2. The predicted octanol–water partition coefficient (Wildman–Crippen LogP) is 3.00. The number of hydrogen-bond acceptors (Lipinski definition) is 1. The Hall–Kier alpha value is -1.64. The van der Waals surface area contributed by atoms with Gasteiger partial charge in [0.25, 0.3) is 0 Å². The SMILES string of the molecule is O=Cc1cc2ccc(F)cc2n1CC1CC1. The molecule has 1 saturated carbocycles. The Morgan fingerprint density at radius 3 is 2.88 bits per heavy atom. The number of benzene rings is 1. The number of halogens is 1. The van der Waals surface area contributed by atoms with Crippen molar-refractivity contribution in [2.24, 2.45) is 5.92 Å². The van der Waals surface area contributed by atoms with Gasteiger partial charge in [-0.15, -0.1) is 0 Å². The molecule has 1 aromatic heterocycles. The Balaban J connectivity index is 2.18. The average molecular weight is 217 g/mol. The second kappa shape index (κ2) is 3.44. The maximum atomic E-state index is 13.2. The van der Waals surface area contributed by atoms with Gasteiger partial charge in [-0.25, -0.2) is 4.39 Å². The van der Waals surface area contributed by atoms with E-state index in [-0.39, 0.29) is 5.82 Å². The van der Waals surface area contributed by atoms with Gasteiger partial charge in [0.2, 0.25) is 0 Å². The molecule has 1 aliphatic rings. The first-order valence-electron chi connectivity index (χ1n) is 5.52. The highest BCUT2D eigenvalue weighted by atomic mass is 19.1. The van der Waals surface area contributed by atoms with Crippen molar-refractivity contribution in [1.29, 1.82) is 0 Å². The van der Waals surface area contributed by atoms with E-state index >= 15 is 0 Å². The standard InChI is InChI=1S/C13H12FNO/c14-11-4-3-10-5-12(8-16)15(13(10)6-11)7-9-1-2-9/h3-6,8-9H,1-2,7H2. The molecule has 0 radical (unpaired) electrons. The van der Waals surface area contributed by atoms with Crippen molar-refractivity contribution in [3.8, 4) is 0 Å². The number of nitrogens with zero attached hydrogens (tertiary/aromatic N) is 1. The van der Waals surface area contributed by atoms with Crippen molar-refractivity contribution in [3.63, 3.8) is 0 Å². The van der Waals surface area contributed by atoms with Crippen LogP contribution in [0.2, 0.25) is 0 Å². The van der Waals surface area contributed by atoms with Gasteiger partial charge in [-0.2, -0.15) is 0 Å². The van der Waals surface area contributed by atoms with E-state index in [1.807, 2.05) is 10.6 Å². The molecule has 1 aromatic carbocycles. The first-order chi connectivity index (χ1) is 7.78. The quantitative estimate of drug-likeness (QED) is 0.724. The predicted molar refractivity (Wildman–Crippen MR) is 60.0 cm³/mol. The van der Waals surface area contributed by atoms with Gasteiger partial charge in [0.05, 0.1) is 11.2 Å². The smallest absolute Gasteiger partial charge is 0.166 e. The first kappa shape index (κ1) is 9.58. The Kier molecular flexibility index (Phi) is 2.06. The van der Waals surface area contributed by atoms with Gasteiger partial charge in [0, 0.05) is 11.9 Å². The lowest BCUT2D eigenvalue weighted by atomic mass is 10.2. The molecule has 0 aliphatic heterocycles. The van der Waals surface area contributed by atoms with Gasteiger partial charge < -0.3 is 4.57 Å². The van der Waals surface area contributed by atoms with Gasteiger partial charge in [-0.1, -0.05) is 0 Å². The van der Waals surface area contributed by atoms with Gasteiger partial charge in [-0.3, -0.25) is 4.79 Å². The summed E-state index contributed by atoms with van der Waals surface area (Å²) in [6.45, 7) is 0.834. The maximum Gasteiger partial charge on any atom is 0.166 e. The van der Waals surface area contributed by atoms with Crippen LogP contribution in [0.3, 0.4) is 0 Å². The van der Waals surface area contributed by atoms with Crippen molar-refractivity contribution in [2.75, 3.05) is 0 Å². The van der Waals surface area contributed by atoms with Crippen LogP contribution in [0.5, 0.6) is 0 Å². The molecule has 82 valence electrons. The summed E-state index contributed by atoms with van der Waals surface area (Å²) in [5.74, 6) is 0.415. The molecule has 3 rings (SSSR count). The highest BCUT2D eigenvalue weighted by Gasteiger charge is 2.23. The molecule has 1 fully saturated rings. The molecule has 0 spiro atoms. The van der Waals surface area contributed by atoms with Crippen molar-refractivity contribution in [3.05, 3.63) is 35.8 Å². The van der Waals surface area contributed by atoms with Crippen LogP contribution in [-0.2, 0) is 6.54 Å². The van der Waals surface area contributed by atoms with Crippen molar-refractivity contribution in [2.45, 2.75) is 19.4 Å². The second-order valence-corrected chi connectivity index (χ2v) is 4.44. The molecule has 0 atom stereocenters. The van der Waals surface area contributed by atoms with Crippen LogP contribution in [0.1, 0.15) is 23.3 Å².